The van der Waals surface area contributed by atoms with E-state index >= 15 is 0 Å². The van der Waals surface area contributed by atoms with Crippen LogP contribution in [0.1, 0.15) is 65.2 Å². The molecule has 0 spiro atoms. The average Bonchev–Trinajstić information content (AvgIpc) is 2.86. The van der Waals surface area contributed by atoms with Crippen molar-refractivity contribution in [3.05, 3.63) is 0 Å². The number of ketones is 2. The van der Waals surface area contributed by atoms with Crippen molar-refractivity contribution in [2.45, 2.75) is 76.9 Å². The van der Waals surface area contributed by atoms with Gasteiger partial charge >= 0.3 is 0 Å². The fraction of sp³-hybridized carbons (Fsp3) is 0.905. The van der Waals surface area contributed by atoms with Gasteiger partial charge in [0.2, 0.25) is 0 Å². The third-order valence-electron chi connectivity index (χ3n) is 9.08. The van der Waals surface area contributed by atoms with Crippen molar-refractivity contribution in [2.75, 3.05) is 6.61 Å². The highest BCUT2D eigenvalue weighted by atomic mass is 16.3. The van der Waals surface area contributed by atoms with Crippen LogP contribution in [0.3, 0.4) is 0 Å². The predicted octanol–water partition coefficient (Wildman–Crippen LogP) is 1.86. The Morgan fingerprint density at radius 2 is 1.88 bits per heavy atom. The minimum Gasteiger partial charge on any atom is -0.393 e. The predicted molar refractivity (Wildman–Crippen MR) is 95.2 cm³/mol. The summed E-state index contributed by atoms with van der Waals surface area (Å²) in [6.07, 6.45) is 5.47. The van der Waals surface area contributed by atoms with Crippen LogP contribution in [0, 0.1) is 34.5 Å². The monoisotopic (exact) mass is 364 g/mol. The van der Waals surface area contributed by atoms with Gasteiger partial charge in [0.15, 0.2) is 5.78 Å². The van der Waals surface area contributed by atoms with Crippen LogP contribution in [0.25, 0.3) is 0 Å². The molecule has 0 aliphatic heterocycles. The Kier molecular flexibility index (Phi) is 4.18. The van der Waals surface area contributed by atoms with Gasteiger partial charge < -0.3 is 15.3 Å². The largest absolute Gasteiger partial charge is 0.393 e. The molecule has 0 aromatic carbocycles. The molecule has 4 unspecified atom stereocenters. The van der Waals surface area contributed by atoms with E-state index in [1.165, 1.54) is 0 Å². The van der Waals surface area contributed by atoms with E-state index in [0.717, 1.165) is 38.5 Å². The molecule has 26 heavy (non-hydrogen) atoms. The third kappa shape index (κ3) is 2.20. The molecule has 4 aliphatic rings. The molecule has 0 heterocycles. The molecule has 4 aliphatic carbocycles. The molecule has 3 N–H and O–H groups in total. The van der Waals surface area contributed by atoms with Crippen molar-refractivity contribution >= 4 is 11.6 Å². The lowest BCUT2D eigenvalue weighted by Gasteiger charge is -2.60. The van der Waals surface area contributed by atoms with Crippen molar-refractivity contribution < 1.29 is 24.9 Å². The number of aliphatic hydroxyl groups excluding tert-OH is 2. The molecular weight excluding hydrogens is 332 g/mol. The normalized spacial score (nSPS) is 53.6. The maximum atomic E-state index is 13.4. The standard InChI is InChI=1S/C21H32O5/c1-19-7-5-13(23)9-12(19)3-4-14-15-6-8-21(26,17(25)11-22)20(15,2)10-16(24)18(14)19/h12-15,18,22-23,26H,3-11H2,1-2H3/t12?,13-,14?,15?,18?,19+,20+,21+/m1/s1. The number of aliphatic hydroxyl groups is 3. The molecule has 0 bridgehead atoms. The lowest BCUT2D eigenvalue weighted by Crippen LogP contribution is -2.62. The molecule has 0 aromatic rings. The van der Waals surface area contributed by atoms with E-state index in [0.29, 0.717) is 12.3 Å². The molecule has 5 heteroatoms. The minimum absolute atomic E-state index is 0.0154. The molecular formula is C21H32O5. The average molecular weight is 364 g/mol. The summed E-state index contributed by atoms with van der Waals surface area (Å²) in [7, 11) is 0. The first-order chi connectivity index (χ1) is 12.2. The molecule has 8 atom stereocenters. The number of carbonyl (C=O) groups is 2. The smallest absolute Gasteiger partial charge is 0.190 e. The number of hydrogen-bond donors (Lipinski definition) is 3. The molecule has 0 radical (unpaired) electrons. The number of Topliss-reactive ketones (excluding diaryl/α,β-unsaturated/α-hetero) is 2. The van der Waals surface area contributed by atoms with E-state index in [2.05, 4.69) is 6.92 Å². The van der Waals surface area contributed by atoms with Gasteiger partial charge in [0.25, 0.3) is 0 Å². The second-order valence-corrected chi connectivity index (χ2v) is 10.00. The van der Waals surface area contributed by atoms with Gasteiger partial charge in [0, 0.05) is 17.8 Å². The van der Waals surface area contributed by atoms with Crippen LogP contribution in [0.15, 0.2) is 0 Å². The first-order valence-electron chi connectivity index (χ1n) is 10.2. The van der Waals surface area contributed by atoms with Crippen LogP contribution in [0.4, 0.5) is 0 Å². The molecule has 4 saturated carbocycles. The zero-order chi connectivity index (χ0) is 18.9. The van der Waals surface area contributed by atoms with Gasteiger partial charge in [-0.1, -0.05) is 13.8 Å². The fourth-order valence-corrected chi connectivity index (χ4v) is 7.64. The summed E-state index contributed by atoms with van der Waals surface area (Å²) in [5.74, 6) is 0.380. The van der Waals surface area contributed by atoms with Crippen LogP contribution < -0.4 is 0 Å². The van der Waals surface area contributed by atoms with Crippen molar-refractivity contribution in [3.63, 3.8) is 0 Å². The Labute approximate surface area is 155 Å². The van der Waals surface area contributed by atoms with Crippen molar-refractivity contribution in [1.29, 1.82) is 0 Å². The van der Waals surface area contributed by atoms with E-state index in [-0.39, 0.29) is 41.5 Å². The third-order valence-corrected chi connectivity index (χ3v) is 9.08. The number of fused-ring (bicyclic) bond motifs is 5. The van der Waals surface area contributed by atoms with E-state index < -0.39 is 23.4 Å². The fourth-order valence-electron chi connectivity index (χ4n) is 7.64. The first kappa shape index (κ1) is 18.6. The molecule has 4 fully saturated rings. The van der Waals surface area contributed by atoms with Crippen LogP contribution in [-0.2, 0) is 9.59 Å². The molecule has 0 saturated heterocycles. The lowest BCUT2D eigenvalue weighted by atomic mass is 9.44. The van der Waals surface area contributed by atoms with Gasteiger partial charge in [-0.05, 0) is 68.1 Å². The first-order valence-corrected chi connectivity index (χ1v) is 10.2. The maximum Gasteiger partial charge on any atom is 0.190 e. The van der Waals surface area contributed by atoms with Gasteiger partial charge in [0.1, 0.15) is 18.0 Å². The lowest BCUT2D eigenvalue weighted by molar-refractivity contribution is -0.180. The minimum atomic E-state index is -1.58. The second kappa shape index (κ2) is 5.86. The highest BCUT2D eigenvalue weighted by Gasteiger charge is 2.68. The quantitative estimate of drug-likeness (QED) is 0.695. The van der Waals surface area contributed by atoms with Crippen molar-refractivity contribution in [2.24, 2.45) is 34.5 Å². The molecule has 5 nitrogen and oxygen atoms in total. The Morgan fingerprint density at radius 3 is 2.58 bits per heavy atom. The summed E-state index contributed by atoms with van der Waals surface area (Å²) in [6, 6.07) is 0. The van der Waals surface area contributed by atoms with Gasteiger partial charge in [-0.2, -0.15) is 0 Å². The Morgan fingerprint density at radius 1 is 1.15 bits per heavy atom. The molecule has 146 valence electrons. The molecule has 0 aromatic heterocycles. The summed E-state index contributed by atoms with van der Waals surface area (Å²) < 4.78 is 0. The van der Waals surface area contributed by atoms with E-state index in [1.54, 1.807) is 0 Å². The summed E-state index contributed by atoms with van der Waals surface area (Å²) in [4.78, 5) is 25.7. The summed E-state index contributed by atoms with van der Waals surface area (Å²) >= 11 is 0. The van der Waals surface area contributed by atoms with Crippen molar-refractivity contribution in [3.8, 4) is 0 Å². The van der Waals surface area contributed by atoms with Gasteiger partial charge in [-0.25, -0.2) is 0 Å². The van der Waals surface area contributed by atoms with Crippen LogP contribution >= 0.6 is 0 Å². The maximum absolute atomic E-state index is 13.4. The second-order valence-electron chi connectivity index (χ2n) is 10.00. The van der Waals surface area contributed by atoms with Crippen LogP contribution in [-0.4, -0.2) is 45.2 Å². The summed E-state index contributed by atoms with van der Waals surface area (Å²) in [5, 5.41) is 30.6. The zero-order valence-electron chi connectivity index (χ0n) is 15.9. The van der Waals surface area contributed by atoms with Crippen LogP contribution in [0.5, 0.6) is 0 Å². The topological polar surface area (TPSA) is 94.8 Å². The Bertz CT molecular complexity index is 632. The molecule has 0 amide bonds. The number of rotatable bonds is 2. The van der Waals surface area contributed by atoms with E-state index in [4.69, 9.17) is 0 Å². The SMILES string of the molecule is C[C@]12CC[C@@H](O)CC1CCC1C2C(=O)C[C@@]2(C)C1CC[C@]2(O)C(=O)CO. The van der Waals surface area contributed by atoms with Gasteiger partial charge in [-0.15, -0.1) is 0 Å². The van der Waals surface area contributed by atoms with E-state index in [9.17, 15) is 24.9 Å². The molecule has 4 rings (SSSR count). The summed E-state index contributed by atoms with van der Waals surface area (Å²) in [5.41, 5.74) is -2.40. The number of hydrogen-bond acceptors (Lipinski definition) is 5. The van der Waals surface area contributed by atoms with Gasteiger partial charge in [0.05, 0.1) is 6.10 Å². The van der Waals surface area contributed by atoms with E-state index in [1.807, 2.05) is 6.92 Å². The summed E-state index contributed by atoms with van der Waals surface area (Å²) in [6.45, 7) is 3.46. The zero-order valence-corrected chi connectivity index (χ0v) is 15.9. The van der Waals surface area contributed by atoms with Crippen molar-refractivity contribution in [1.82, 2.24) is 0 Å². The Hall–Kier alpha value is -0.780. The van der Waals surface area contributed by atoms with Crippen LogP contribution in [0.2, 0.25) is 0 Å². The highest BCUT2D eigenvalue weighted by molar-refractivity contribution is 5.92. The van der Waals surface area contributed by atoms with Gasteiger partial charge in [-0.3, -0.25) is 9.59 Å². The Balaban J connectivity index is 1.70. The highest BCUT2D eigenvalue weighted by Crippen LogP contribution is 2.67. The number of carbonyl (C=O) groups excluding carboxylic acids is 2.